The minimum Gasteiger partial charge on any atom is -0.488 e. The number of barbiturate groups is 1. The second kappa shape index (κ2) is 10.1. The van der Waals surface area contributed by atoms with Gasteiger partial charge in [-0.15, -0.1) is 0 Å². The summed E-state index contributed by atoms with van der Waals surface area (Å²) >= 11 is 3.42. The molecule has 1 fully saturated rings. The molecule has 10 heteroatoms. The molecule has 1 heterocycles. The number of carbonyl (C=O) groups excluding carboxylic acids is 3. The highest BCUT2D eigenvalue weighted by atomic mass is 79.9. The van der Waals surface area contributed by atoms with E-state index in [4.69, 9.17) is 4.74 Å². The molecule has 9 nitrogen and oxygen atoms in total. The zero-order valence-electron chi connectivity index (χ0n) is 19.3. The number of rotatable bonds is 6. The lowest BCUT2D eigenvalue weighted by molar-refractivity contribution is -0.384. The van der Waals surface area contributed by atoms with Gasteiger partial charge in [0.25, 0.3) is 17.5 Å². The largest absolute Gasteiger partial charge is 0.488 e. The molecule has 0 radical (unpaired) electrons. The second-order valence-electron chi connectivity index (χ2n) is 8.15. The van der Waals surface area contributed by atoms with Gasteiger partial charge in [0.1, 0.15) is 17.9 Å². The minimum atomic E-state index is -0.804. The first-order chi connectivity index (χ1) is 17.1. The Morgan fingerprint density at radius 2 is 1.83 bits per heavy atom. The number of halogens is 1. The molecule has 4 amide bonds. The first kappa shape index (κ1) is 24.8. The number of imide groups is 2. The van der Waals surface area contributed by atoms with Crippen LogP contribution in [0.15, 0.2) is 70.7 Å². The summed E-state index contributed by atoms with van der Waals surface area (Å²) in [5.74, 6) is -1.04. The summed E-state index contributed by atoms with van der Waals surface area (Å²) in [6.45, 7) is 3.73. The molecule has 1 aliphatic heterocycles. The summed E-state index contributed by atoms with van der Waals surface area (Å²) in [6, 6.07) is 15.7. The van der Waals surface area contributed by atoms with Crippen LogP contribution in [-0.4, -0.2) is 22.8 Å². The predicted molar refractivity (Wildman–Crippen MR) is 136 cm³/mol. The van der Waals surface area contributed by atoms with Crippen LogP contribution in [0.2, 0.25) is 0 Å². The Morgan fingerprint density at radius 1 is 1.06 bits per heavy atom. The number of urea groups is 1. The molecule has 0 atom stereocenters. The molecule has 3 aromatic carbocycles. The molecule has 0 bridgehead atoms. The molecular weight excluding hydrogens is 530 g/mol. The van der Waals surface area contributed by atoms with Crippen LogP contribution in [0.3, 0.4) is 0 Å². The molecule has 1 N–H and O–H groups in total. The second-order valence-corrected chi connectivity index (χ2v) is 9.01. The van der Waals surface area contributed by atoms with Crippen molar-refractivity contribution in [2.24, 2.45) is 0 Å². The molecule has 1 aliphatic rings. The molecular formula is C26H20BrN3O6. The molecule has 0 spiro atoms. The third-order valence-corrected chi connectivity index (χ3v) is 6.11. The van der Waals surface area contributed by atoms with Gasteiger partial charge in [0.15, 0.2) is 0 Å². The Hall–Kier alpha value is -4.31. The van der Waals surface area contributed by atoms with Crippen LogP contribution in [0.1, 0.15) is 22.3 Å². The van der Waals surface area contributed by atoms with Gasteiger partial charge in [-0.2, -0.15) is 0 Å². The zero-order chi connectivity index (χ0) is 26.0. The van der Waals surface area contributed by atoms with E-state index in [2.05, 4.69) is 21.2 Å². The van der Waals surface area contributed by atoms with Crippen molar-refractivity contribution in [1.82, 2.24) is 5.32 Å². The highest BCUT2D eigenvalue weighted by Crippen LogP contribution is 2.30. The smallest absolute Gasteiger partial charge is 0.335 e. The molecule has 0 unspecified atom stereocenters. The molecule has 4 rings (SSSR count). The Morgan fingerprint density at radius 3 is 2.56 bits per heavy atom. The van der Waals surface area contributed by atoms with Gasteiger partial charge < -0.3 is 4.74 Å². The third-order valence-electron chi connectivity index (χ3n) is 5.49. The van der Waals surface area contributed by atoms with Gasteiger partial charge in [-0.05, 0) is 76.3 Å². The van der Waals surface area contributed by atoms with Crippen molar-refractivity contribution in [2.75, 3.05) is 4.90 Å². The van der Waals surface area contributed by atoms with Crippen molar-refractivity contribution < 1.29 is 24.0 Å². The summed E-state index contributed by atoms with van der Waals surface area (Å²) in [7, 11) is 0. The van der Waals surface area contributed by atoms with Gasteiger partial charge in [-0.3, -0.25) is 25.0 Å². The Balaban J connectivity index is 1.57. The first-order valence-corrected chi connectivity index (χ1v) is 11.6. The minimum absolute atomic E-state index is 0.0269. The molecule has 36 heavy (non-hydrogen) atoms. The quantitative estimate of drug-likeness (QED) is 0.195. The maximum absolute atomic E-state index is 13.2. The normalized spacial score (nSPS) is 14.7. The Labute approximate surface area is 214 Å². The van der Waals surface area contributed by atoms with E-state index in [1.54, 1.807) is 49.4 Å². The number of ether oxygens (including phenoxy) is 1. The Bertz CT molecular complexity index is 1450. The summed E-state index contributed by atoms with van der Waals surface area (Å²) in [5.41, 5.74) is 2.92. The van der Waals surface area contributed by atoms with Gasteiger partial charge in [-0.25, -0.2) is 9.69 Å². The summed E-state index contributed by atoms with van der Waals surface area (Å²) < 4.78 is 6.32. The van der Waals surface area contributed by atoms with Crippen molar-refractivity contribution in [3.8, 4) is 5.75 Å². The van der Waals surface area contributed by atoms with Gasteiger partial charge >= 0.3 is 6.03 Å². The van der Waals surface area contributed by atoms with Crippen LogP contribution in [0, 0.1) is 24.0 Å². The van der Waals surface area contributed by atoms with Crippen molar-refractivity contribution in [3.05, 3.63) is 103 Å². The number of benzene rings is 3. The number of hydrogen-bond donors (Lipinski definition) is 1. The van der Waals surface area contributed by atoms with E-state index in [9.17, 15) is 24.5 Å². The number of anilines is 1. The summed E-state index contributed by atoms with van der Waals surface area (Å²) in [4.78, 5) is 49.6. The monoisotopic (exact) mass is 549 g/mol. The zero-order valence-corrected chi connectivity index (χ0v) is 20.9. The van der Waals surface area contributed by atoms with Gasteiger partial charge in [0.2, 0.25) is 0 Å². The lowest BCUT2D eigenvalue weighted by Gasteiger charge is -2.27. The average Bonchev–Trinajstić information content (AvgIpc) is 2.83. The van der Waals surface area contributed by atoms with E-state index in [1.807, 2.05) is 13.0 Å². The SMILES string of the molecule is Cc1ccc(C)c(N2C(=O)NC(=O)/C(=C\c3ccc(OCc4cccc([N+](=O)[O-])c4)c(Br)c3)C2=O)c1. The number of non-ortho nitro benzene ring substituents is 1. The van der Waals surface area contributed by atoms with E-state index < -0.39 is 22.8 Å². The third kappa shape index (κ3) is 5.18. The Kier molecular flexibility index (Phi) is 6.98. The number of nitro groups is 1. The number of nitrogens with zero attached hydrogens (tertiary/aromatic N) is 2. The van der Waals surface area contributed by atoms with Gasteiger partial charge in [-0.1, -0.05) is 30.3 Å². The van der Waals surface area contributed by atoms with Gasteiger partial charge in [0.05, 0.1) is 15.1 Å². The number of aryl methyl sites for hydroxylation is 2. The number of carbonyl (C=O) groups is 3. The lowest BCUT2D eigenvalue weighted by atomic mass is 10.0. The van der Waals surface area contributed by atoms with E-state index in [0.29, 0.717) is 32.6 Å². The molecule has 182 valence electrons. The molecule has 0 saturated carbocycles. The van der Waals surface area contributed by atoms with Crippen molar-refractivity contribution in [1.29, 1.82) is 0 Å². The van der Waals surface area contributed by atoms with E-state index >= 15 is 0 Å². The van der Waals surface area contributed by atoms with Crippen molar-refractivity contribution in [3.63, 3.8) is 0 Å². The predicted octanol–water partition coefficient (Wildman–Crippen LogP) is 5.22. The first-order valence-electron chi connectivity index (χ1n) is 10.8. The average molecular weight is 550 g/mol. The lowest BCUT2D eigenvalue weighted by Crippen LogP contribution is -2.54. The standard InChI is InChI=1S/C26H20BrN3O6/c1-15-6-7-16(2)22(10-15)29-25(32)20(24(31)28-26(29)33)12-17-8-9-23(21(27)13-17)36-14-18-4-3-5-19(11-18)30(34)35/h3-13H,14H2,1-2H3,(H,28,31,33)/b20-12+. The van der Waals surface area contributed by atoms with E-state index in [-0.39, 0.29) is 17.9 Å². The fourth-order valence-corrected chi connectivity index (χ4v) is 4.16. The van der Waals surface area contributed by atoms with Crippen LogP contribution in [0.4, 0.5) is 16.2 Å². The number of nitrogens with one attached hydrogen (secondary N) is 1. The highest BCUT2D eigenvalue weighted by Gasteiger charge is 2.37. The summed E-state index contributed by atoms with van der Waals surface area (Å²) in [5, 5.41) is 13.2. The maximum Gasteiger partial charge on any atom is 0.335 e. The molecule has 1 saturated heterocycles. The number of hydrogen-bond acceptors (Lipinski definition) is 6. The van der Waals surface area contributed by atoms with Crippen LogP contribution in [-0.2, 0) is 16.2 Å². The van der Waals surface area contributed by atoms with E-state index in [0.717, 1.165) is 10.5 Å². The number of nitro benzene ring substituents is 1. The topological polar surface area (TPSA) is 119 Å². The van der Waals surface area contributed by atoms with Crippen molar-refractivity contribution >= 4 is 51.2 Å². The van der Waals surface area contributed by atoms with Crippen molar-refractivity contribution in [2.45, 2.75) is 20.5 Å². The van der Waals surface area contributed by atoms with Crippen LogP contribution < -0.4 is 15.0 Å². The van der Waals surface area contributed by atoms with Crippen LogP contribution in [0.5, 0.6) is 5.75 Å². The molecule has 0 aliphatic carbocycles. The van der Waals surface area contributed by atoms with Crippen LogP contribution in [0.25, 0.3) is 6.08 Å². The van der Waals surface area contributed by atoms with Gasteiger partial charge in [0, 0.05) is 12.1 Å². The summed E-state index contributed by atoms with van der Waals surface area (Å²) in [6.07, 6.45) is 1.40. The fraction of sp³-hybridized carbons (Fsp3) is 0.115. The molecule has 3 aromatic rings. The highest BCUT2D eigenvalue weighted by molar-refractivity contribution is 9.10. The van der Waals surface area contributed by atoms with E-state index in [1.165, 1.54) is 18.2 Å². The fourth-order valence-electron chi connectivity index (χ4n) is 3.65. The molecule has 0 aromatic heterocycles. The number of amides is 4. The van der Waals surface area contributed by atoms with Crippen LogP contribution >= 0.6 is 15.9 Å². The maximum atomic E-state index is 13.2.